The lowest BCUT2D eigenvalue weighted by Gasteiger charge is -2.24. The van der Waals surface area contributed by atoms with E-state index >= 15 is 0 Å². The van der Waals surface area contributed by atoms with Crippen LogP contribution in [0.2, 0.25) is 0 Å². The van der Waals surface area contributed by atoms with E-state index in [1.54, 1.807) is 0 Å². The third kappa shape index (κ3) is 3.62. The van der Waals surface area contributed by atoms with Crippen LogP contribution in [-0.4, -0.2) is 32.4 Å². The first-order valence-corrected chi connectivity index (χ1v) is 8.04. The lowest BCUT2D eigenvalue weighted by molar-refractivity contribution is 0.172. The lowest BCUT2D eigenvalue weighted by Crippen LogP contribution is -2.24. The number of rotatable bonds is 3. The summed E-state index contributed by atoms with van der Waals surface area (Å²) in [5.74, 6) is -0.231. The van der Waals surface area contributed by atoms with E-state index < -0.39 is 0 Å². The van der Waals surface area contributed by atoms with Crippen LogP contribution in [0.15, 0.2) is 36.7 Å². The van der Waals surface area contributed by atoms with Gasteiger partial charge in [0.05, 0.1) is 17.8 Å². The Balaban J connectivity index is 1.77. The zero-order valence-corrected chi connectivity index (χ0v) is 13.9. The molecular formula is C18H24FN3O. The van der Waals surface area contributed by atoms with Crippen molar-refractivity contribution in [3.63, 3.8) is 0 Å². The number of aromatic nitrogens is 2. The van der Waals surface area contributed by atoms with Gasteiger partial charge in [0.25, 0.3) is 0 Å². The summed E-state index contributed by atoms with van der Waals surface area (Å²) >= 11 is 0. The minimum Gasteiger partial charge on any atom is -0.392 e. The van der Waals surface area contributed by atoms with Crippen molar-refractivity contribution in [3.05, 3.63) is 53.6 Å². The highest BCUT2D eigenvalue weighted by molar-refractivity contribution is 5.22. The maximum absolute atomic E-state index is 13.1. The SMILES string of the molecule is CC(C)(C)n1cc(CN2C[C@H](O)C[C@@H]2c2ccc(F)cc2)cn1. The second-order valence-electron chi connectivity index (χ2n) is 7.35. The summed E-state index contributed by atoms with van der Waals surface area (Å²) in [6, 6.07) is 6.70. The molecular weight excluding hydrogens is 293 g/mol. The van der Waals surface area contributed by atoms with Gasteiger partial charge in [-0.3, -0.25) is 9.58 Å². The molecule has 1 saturated heterocycles. The highest BCUT2D eigenvalue weighted by Gasteiger charge is 2.32. The maximum atomic E-state index is 13.1. The van der Waals surface area contributed by atoms with E-state index in [1.807, 2.05) is 23.0 Å². The van der Waals surface area contributed by atoms with Gasteiger partial charge in [0, 0.05) is 30.9 Å². The molecule has 0 amide bonds. The molecule has 2 atom stereocenters. The van der Waals surface area contributed by atoms with Crippen molar-refractivity contribution >= 4 is 0 Å². The van der Waals surface area contributed by atoms with Gasteiger partial charge in [-0.2, -0.15) is 5.10 Å². The summed E-state index contributed by atoms with van der Waals surface area (Å²) < 4.78 is 15.1. The van der Waals surface area contributed by atoms with Crippen molar-refractivity contribution in [2.45, 2.75) is 51.4 Å². The molecule has 124 valence electrons. The van der Waals surface area contributed by atoms with E-state index in [0.29, 0.717) is 13.0 Å². The Morgan fingerprint density at radius 3 is 2.57 bits per heavy atom. The van der Waals surface area contributed by atoms with Crippen LogP contribution in [-0.2, 0) is 12.1 Å². The Morgan fingerprint density at radius 2 is 1.96 bits per heavy atom. The monoisotopic (exact) mass is 317 g/mol. The van der Waals surface area contributed by atoms with Gasteiger partial charge >= 0.3 is 0 Å². The molecule has 0 spiro atoms. The Hall–Kier alpha value is -1.72. The molecule has 4 nitrogen and oxygen atoms in total. The Labute approximate surface area is 136 Å². The Kier molecular flexibility index (Phi) is 4.25. The summed E-state index contributed by atoms with van der Waals surface area (Å²) in [6.45, 7) is 7.71. The first-order valence-electron chi connectivity index (χ1n) is 8.04. The number of hydrogen-bond acceptors (Lipinski definition) is 3. The number of likely N-dealkylation sites (tertiary alicyclic amines) is 1. The zero-order chi connectivity index (χ0) is 16.6. The first kappa shape index (κ1) is 16.1. The van der Waals surface area contributed by atoms with Crippen LogP contribution < -0.4 is 0 Å². The number of hydrogen-bond donors (Lipinski definition) is 1. The number of β-amino-alcohol motifs (C(OH)–C–C–N with tert-alkyl or cyclic N) is 1. The Bertz CT molecular complexity index is 660. The molecule has 0 bridgehead atoms. The van der Waals surface area contributed by atoms with Gasteiger partial charge in [0.15, 0.2) is 0 Å². The van der Waals surface area contributed by atoms with Gasteiger partial charge in [-0.1, -0.05) is 12.1 Å². The molecule has 3 rings (SSSR count). The van der Waals surface area contributed by atoms with Gasteiger partial charge in [-0.25, -0.2) is 4.39 Å². The fraction of sp³-hybridized carbons (Fsp3) is 0.500. The molecule has 0 aliphatic carbocycles. The van der Waals surface area contributed by atoms with E-state index in [1.165, 1.54) is 12.1 Å². The van der Waals surface area contributed by atoms with Gasteiger partial charge < -0.3 is 5.11 Å². The molecule has 2 aromatic rings. The smallest absolute Gasteiger partial charge is 0.123 e. The van der Waals surface area contributed by atoms with E-state index in [-0.39, 0.29) is 23.5 Å². The number of nitrogens with zero attached hydrogens (tertiary/aromatic N) is 3. The summed E-state index contributed by atoms with van der Waals surface area (Å²) in [4.78, 5) is 2.24. The number of halogens is 1. The molecule has 1 aliphatic rings. The second kappa shape index (κ2) is 6.06. The fourth-order valence-electron chi connectivity index (χ4n) is 3.13. The van der Waals surface area contributed by atoms with Crippen LogP contribution in [0.25, 0.3) is 0 Å². The second-order valence-corrected chi connectivity index (χ2v) is 7.35. The average Bonchev–Trinajstić information content (AvgIpc) is 3.07. The minimum absolute atomic E-state index is 0.0425. The molecule has 1 aliphatic heterocycles. The van der Waals surface area contributed by atoms with Gasteiger partial charge in [0.1, 0.15) is 5.82 Å². The normalized spacial score (nSPS) is 22.7. The molecule has 0 unspecified atom stereocenters. The third-order valence-corrected chi connectivity index (χ3v) is 4.35. The van der Waals surface area contributed by atoms with Gasteiger partial charge in [-0.05, 0) is 44.9 Å². The van der Waals surface area contributed by atoms with Crippen LogP contribution in [0.5, 0.6) is 0 Å². The van der Waals surface area contributed by atoms with Crippen molar-refractivity contribution in [2.24, 2.45) is 0 Å². The summed E-state index contributed by atoms with van der Waals surface area (Å²) in [7, 11) is 0. The molecule has 1 fully saturated rings. The number of aliphatic hydroxyl groups is 1. The molecule has 5 heteroatoms. The topological polar surface area (TPSA) is 41.3 Å². The largest absolute Gasteiger partial charge is 0.392 e. The quantitative estimate of drug-likeness (QED) is 0.946. The maximum Gasteiger partial charge on any atom is 0.123 e. The van der Waals surface area contributed by atoms with E-state index in [0.717, 1.165) is 17.7 Å². The molecule has 1 aromatic heterocycles. The highest BCUT2D eigenvalue weighted by Crippen LogP contribution is 2.33. The summed E-state index contributed by atoms with van der Waals surface area (Å²) in [6.07, 6.45) is 4.28. The Morgan fingerprint density at radius 1 is 1.26 bits per heavy atom. The van der Waals surface area contributed by atoms with E-state index in [4.69, 9.17) is 0 Å². The van der Waals surface area contributed by atoms with Crippen LogP contribution in [0.3, 0.4) is 0 Å². The van der Waals surface area contributed by atoms with Crippen molar-refractivity contribution in [1.82, 2.24) is 14.7 Å². The van der Waals surface area contributed by atoms with Crippen LogP contribution >= 0.6 is 0 Å². The fourth-order valence-corrected chi connectivity index (χ4v) is 3.13. The van der Waals surface area contributed by atoms with E-state index in [9.17, 15) is 9.50 Å². The molecule has 23 heavy (non-hydrogen) atoms. The van der Waals surface area contributed by atoms with Crippen LogP contribution in [0, 0.1) is 5.82 Å². The van der Waals surface area contributed by atoms with Crippen molar-refractivity contribution in [3.8, 4) is 0 Å². The van der Waals surface area contributed by atoms with Gasteiger partial charge in [-0.15, -0.1) is 0 Å². The number of aliphatic hydroxyl groups excluding tert-OH is 1. The van der Waals surface area contributed by atoms with Crippen molar-refractivity contribution in [2.75, 3.05) is 6.54 Å². The predicted octanol–water partition coefficient (Wildman–Crippen LogP) is 3.09. The lowest BCUT2D eigenvalue weighted by atomic mass is 10.0. The molecule has 0 saturated carbocycles. The summed E-state index contributed by atoms with van der Waals surface area (Å²) in [5, 5.41) is 14.5. The first-order chi connectivity index (χ1) is 10.8. The van der Waals surface area contributed by atoms with Crippen LogP contribution in [0.1, 0.15) is 44.4 Å². The molecule has 2 heterocycles. The average molecular weight is 317 g/mol. The number of benzene rings is 1. The third-order valence-electron chi connectivity index (χ3n) is 4.35. The zero-order valence-electron chi connectivity index (χ0n) is 13.9. The van der Waals surface area contributed by atoms with Crippen molar-refractivity contribution < 1.29 is 9.50 Å². The predicted molar refractivity (Wildman–Crippen MR) is 87.4 cm³/mol. The molecule has 0 radical (unpaired) electrons. The highest BCUT2D eigenvalue weighted by atomic mass is 19.1. The van der Waals surface area contributed by atoms with Crippen molar-refractivity contribution in [1.29, 1.82) is 0 Å². The summed E-state index contributed by atoms with van der Waals surface area (Å²) in [5.41, 5.74) is 2.13. The van der Waals surface area contributed by atoms with E-state index in [2.05, 4.69) is 37.0 Å². The van der Waals surface area contributed by atoms with Crippen LogP contribution in [0.4, 0.5) is 4.39 Å². The molecule has 1 aromatic carbocycles. The molecule has 1 N–H and O–H groups in total. The standard InChI is InChI=1S/C18H24FN3O/c1-18(2,3)22-11-13(9-20-22)10-21-12-16(23)8-17(21)14-4-6-15(19)7-5-14/h4-7,9,11,16-17,23H,8,10,12H2,1-3H3/t16-,17-/m1/s1. The van der Waals surface area contributed by atoms with Gasteiger partial charge in [0.2, 0.25) is 0 Å². The minimum atomic E-state index is -0.345.